The molecule has 0 unspecified atom stereocenters. The van der Waals surface area contributed by atoms with E-state index in [0.717, 1.165) is 0 Å². The number of carboxylic acid groups (broad SMARTS) is 1. The summed E-state index contributed by atoms with van der Waals surface area (Å²) < 4.78 is 5.72. The Labute approximate surface area is 124 Å². The Balaban J connectivity index is 2.29. The van der Waals surface area contributed by atoms with Gasteiger partial charge >= 0.3 is 5.97 Å². The highest BCUT2D eigenvalue weighted by Gasteiger charge is 2.13. The van der Waals surface area contributed by atoms with Gasteiger partial charge in [0.05, 0.1) is 5.56 Å². The standard InChI is InChI=1S/C17H19NO3/c1-10(2)12-4-6-13(7-5-12)21-14-8-11(3)16(18)15(9-14)17(19)20/h4-10H,18H2,1-3H3,(H,19,20). The van der Waals surface area contributed by atoms with Gasteiger partial charge in [-0.2, -0.15) is 0 Å². The summed E-state index contributed by atoms with van der Waals surface area (Å²) in [5.74, 6) is 0.531. The fourth-order valence-electron chi connectivity index (χ4n) is 2.06. The topological polar surface area (TPSA) is 72.5 Å². The van der Waals surface area contributed by atoms with Crippen LogP contribution in [-0.4, -0.2) is 11.1 Å². The van der Waals surface area contributed by atoms with Gasteiger partial charge in [0.2, 0.25) is 0 Å². The maximum Gasteiger partial charge on any atom is 0.337 e. The van der Waals surface area contributed by atoms with Crippen molar-refractivity contribution in [1.29, 1.82) is 0 Å². The minimum absolute atomic E-state index is 0.0591. The SMILES string of the molecule is Cc1cc(Oc2ccc(C(C)C)cc2)cc(C(=O)O)c1N. The molecule has 0 aliphatic rings. The largest absolute Gasteiger partial charge is 0.478 e. The Kier molecular flexibility index (Phi) is 4.17. The number of aryl methyl sites for hydroxylation is 1. The number of benzene rings is 2. The number of ether oxygens (including phenoxy) is 1. The molecule has 21 heavy (non-hydrogen) atoms. The Morgan fingerprint density at radius 3 is 2.29 bits per heavy atom. The summed E-state index contributed by atoms with van der Waals surface area (Å²) in [5, 5.41) is 9.14. The third kappa shape index (κ3) is 3.34. The third-order valence-electron chi connectivity index (χ3n) is 3.37. The molecule has 2 rings (SSSR count). The lowest BCUT2D eigenvalue weighted by Gasteiger charge is -2.11. The van der Waals surface area contributed by atoms with E-state index in [1.165, 1.54) is 11.6 Å². The smallest absolute Gasteiger partial charge is 0.337 e. The lowest BCUT2D eigenvalue weighted by Crippen LogP contribution is -2.04. The molecule has 110 valence electrons. The van der Waals surface area contributed by atoms with E-state index >= 15 is 0 Å². The van der Waals surface area contributed by atoms with Crippen molar-refractivity contribution in [3.8, 4) is 11.5 Å². The van der Waals surface area contributed by atoms with Crippen LogP contribution < -0.4 is 10.5 Å². The van der Waals surface area contributed by atoms with E-state index in [9.17, 15) is 4.79 Å². The molecule has 0 heterocycles. The molecule has 0 saturated carbocycles. The molecule has 3 N–H and O–H groups in total. The second-order valence-corrected chi connectivity index (χ2v) is 5.33. The average Bonchev–Trinajstić information content (AvgIpc) is 2.43. The van der Waals surface area contributed by atoms with E-state index in [1.54, 1.807) is 13.0 Å². The normalized spacial score (nSPS) is 10.7. The van der Waals surface area contributed by atoms with Crippen LogP contribution >= 0.6 is 0 Å². The molecule has 0 fully saturated rings. The van der Waals surface area contributed by atoms with Crippen LogP contribution in [-0.2, 0) is 0 Å². The second-order valence-electron chi connectivity index (χ2n) is 5.33. The van der Waals surface area contributed by atoms with E-state index in [0.29, 0.717) is 23.0 Å². The molecular weight excluding hydrogens is 266 g/mol. The molecule has 4 nitrogen and oxygen atoms in total. The van der Waals surface area contributed by atoms with Crippen LogP contribution in [0.2, 0.25) is 0 Å². The van der Waals surface area contributed by atoms with Crippen LogP contribution in [0.4, 0.5) is 5.69 Å². The molecule has 0 aliphatic heterocycles. The zero-order valence-corrected chi connectivity index (χ0v) is 12.4. The van der Waals surface area contributed by atoms with Crippen molar-refractivity contribution in [3.05, 3.63) is 53.1 Å². The van der Waals surface area contributed by atoms with E-state index in [-0.39, 0.29) is 11.3 Å². The number of hydrogen-bond acceptors (Lipinski definition) is 3. The van der Waals surface area contributed by atoms with E-state index in [1.807, 2.05) is 24.3 Å². The molecule has 0 aromatic heterocycles. The number of aromatic carboxylic acids is 1. The highest BCUT2D eigenvalue weighted by atomic mass is 16.5. The summed E-state index contributed by atoms with van der Waals surface area (Å²) in [6.07, 6.45) is 0. The lowest BCUT2D eigenvalue weighted by atomic mass is 10.0. The van der Waals surface area contributed by atoms with Gasteiger partial charge in [-0.1, -0.05) is 26.0 Å². The Morgan fingerprint density at radius 2 is 1.76 bits per heavy atom. The number of anilines is 1. The number of carboxylic acids is 1. The summed E-state index contributed by atoms with van der Waals surface area (Å²) in [6.45, 7) is 6.01. The fourth-order valence-corrected chi connectivity index (χ4v) is 2.06. The minimum Gasteiger partial charge on any atom is -0.478 e. The average molecular weight is 285 g/mol. The van der Waals surface area contributed by atoms with Crippen LogP contribution in [0.25, 0.3) is 0 Å². The third-order valence-corrected chi connectivity index (χ3v) is 3.37. The van der Waals surface area contributed by atoms with Crippen LogP contribution in [0.15, 0.2) is 36.4 Å². The molecule has 4 heteroatoms. The first-order chi connectivity index (χ1) is 9.88. The van der Waals surface area contributed by atoms with Gasteiger partial charge in [-0.25, -0.2) is 4.79 Å². The van der Waals surface area contributed by atoms with Gasteiger partial charge in [0.25, 0.3) is 0 Å². The van der Waals surface area contributed by atoms with Crippen molar-refractivity contribution >= 4 is 11.7 Å². The van der Waals surface area contributed by atoms with Gasteiger partial charge in [0.15, 0.2) is 0 Å². The molecule has 0 atom stereocenters. The predicted octanol–water partition coefficient (Wildman–Crippen LogP) is 4.19. The zero-order chi connectivity index (χ0) is 15.6. The summed E-state index contributed by atoms with van der Waals surface area (Å²) in [7, 11) is 0. The first-order valence-electron chi connectivity index (χ1n) is 6.79. The van der Waals surface area contributed by atoms with Crippen molar-refractivity contribution in [2.45, 2.75) is 26.7 Å². The highest BCUT2D eigenvalue weighted by molar-refractivity contribution is 5.95. The van der Waals surface area contributed by atoms with Crippen molar-refractivity contribution in [2.24, 2.45) is 0 Å². The van der Waals surface area contributed by atoms with Gasteiger partial charge in [-0.05, 0) is 48.2 Å². The Morgan fingerprint density at radius 1 is 1.14 bits per heavy atom. The summed E-state index contributed by atoms with van der Waals surface area (Å²) >= 11 is 0. The minimum atomic E-state index is -1.06. The van der Waals surface area contributed by atoms with Crippen LogP contribution in [0.3, 0.4) is 0 Å². The summed E-state index contributed by atoms with van der Waals surface area (Å²) in [6, 6.07) is 10.9. The van der Waals surface area contributed by atoms with Crippen molar-refractivity contribution in [1.82, 2.24) is 0 Å². The predicted molar refractivity (Wildman–Crippen MR) is 83.2 cm³/mol. The van der Waals surface area contributed by atoms with Gasteiger partial charge in [-0.15, -0.1) is 0 Å². The maximum atomic E-state index is 11.2. The molecule has 0 spiro atoms. The van der Waals surface area contributed by atoms with Gasteiger partial charge < -0.3 is 15.6 Å². The highest BCUT2D eigenvalue weighted by Crippen LogP contribution is 2.29. The van der Waals surface area contributed by atoms with Crippen LogP contribution in [0.1, 0.15) is 41.3 Å². The van der Waals surface area contributed by atoms with Crippen molar-refractivity contribution in [3.63, 3.8) is 0 Å². The zero-order valence-electron chi connectivity index (χ0n) is 12.4. The molecule has 0 radical (unpaired) electrons. The van der Waals surface area contributed by atoms with Crippen molar-refractivity contribution < 1.29 is 14.6 Å². The van der Waals surface area contributed by atoms with Crippen molar-refractivity contribution in [2.75, 3.05) is 5.73 Å². The van der Waals surface area contributed by atoms with Gasteiger partial charge in [0.1, 0.15) is 11.5 Å². The van der Waals surface area contributed by atoms with Crippen LogP contribution in [0, 0.1) is 6.92 Å². The second kappa shape index (κ2) is 5.87. The molecule has 2 aromatic rings. The van der Waals surface area contributed by atoms with Crippen LogP contribution in [0.5, 0.6) is 11.5 Å². The molecular formula is C17H19NO3. The van der Waals surface area contributed by atoms with E-state index in [4.69, 9.17) is 15.6 Å². The van der Waals surface area contributed by atoms with Gasteiger partial charge in [0, 0.05) is 5.69 Å². The molecule has 0 saturated heterocycles. The molecule has 2 aromatic carbocycles. The maximum absolute atomic E-state index is 11.2. The number of rotatable bonds is 4. The number of carbonyl (C=O) groups is 1. The first kappa shape index (κ1) is 14.9. The number of nitrogen functional groups attached to an aromatic ring is 1. The summed E-state index contributed by atoms with van der Waals surface area (Å²) in [4.78, 5) is 11.2. The van der Waals surface area contributed by atoms with E-state index in [2.05, 4.69) is 13.8 Å². The molecule has 0 aliphatic carbocycles. The lowest BCUT2D eigenvalue weighted by molar-refractivity contribution is 0.0697. The monoisotopic (exact) mass is 285 g/mol. The summed E-state index contributed by atoms with van der Waals surface area (Å²) in [5.41, 5.74) is 8.00. The first-order valence-corrected chi connectivity index (χ1v) is 6.79. The quantitative estimate of drug-likeness (QED) is 0.826. The molecule has 0 bridgehead atoms. The number of nitrogens with two attached hydrogens (primary N) is 1. The van der Waals surface area contributed by atoms with Gasteiger partial charge in [-0.3, -0.25) is 0 Å². The number of hydrogen-bond donors (Lipinski definition) is 2. The Hall–Kier alpha value is -2.49. The molecule has 0 amide bonds. The Bertz CT molecular complexity index is 660. The fraction of sp³-hybridized carbons (Fsp3) is 0.235. The van der Waals surface area contributed by atoms with E-state index < -0.39 is 5.97 Å².